The minimum atomic E-state index is -4.91. The molecule has 26 heavy (non-hydrogen) atoms. The second-order valence-electron chi connectivity index (χ2n) is 5.49. The average molecular weight is 391 g/mol. The first-order valence-electron chi connectivity index (χ1n) is 7.33. The van der Waals surface area contributed by atoms with Gasteiger partial charge in [0.2, 0.25) is 0 Å². The number of rotatable bonds is 2. The maximum atomic E-state index is 14.5. The summed E-state index contributed by atoms with van der Waals surface area (Å²) in [5, 5.41) is -0.0611. The Balaban J connectivity index is 2.46. The van der Waals surface area contributed by atoms with Gasteiger partial charge in [0.15, 0.2) is 5.82 Å². The predicted octanol–water partition coefficient (Wildman–Crippen LogP) is 2.79. The van der Waals surface area contributed by atoms with Gasteiger partial charge in [-0.25, -0.2) is 18.7 Å². The topological polar surface area (TPSA) is 72.7 Å². The van der Waals surface area contributed by atoms with E-state index in [4.69, 9.17) is 11.6 Å². The van der Waals surface area contributed by atoms with Gasteiger partial charge in [0.05, 0.1) is 10.5 Å². The predicted molar refractivity (Wildman–Crippen MR) is 86.3 cm³/mol. The first-order valence-corrected chi connectivity index (χ1v) is 7.71. The molecule has 0 bridgehead atoms. The summed E-state index contributed by atoms with van der Waals surface area (Å²) >= 11 is 5.95. The average Bonchev–Trinajstić information content (AvgIpc) is 2.97. The van der Waals surface area contributed by atoms with Crippen molar-refractivity contribution in [3.05, 3.63) is 55.3 Å². The molecule has 0 saturated heterocycles. The van der Waals surface area contributed by atoms with Crippen LogP contribution in [-0.2, 0) is 19.6 Å². The SMILES string of the molecule is CCc1nc2c(Cl)cc(F)c(-n3c(=O)cc(C(F)(F)F)n(C)c3=O)c2[nH]1. The van der Waals surface area contributed by atoms with Gasteiger partial charge in [0.25, 0.3) is 5.56 Å². The standard InChI is InChI=1S/C15H11ClF4N4O2/c1-3-9-21-11-6(16)4-7(17)13(12(11)22-9)24-10(25)5-8(15(18,19)20)23(2)14(24)26/h4-5H,3H2,1-2H3,(H,21,22). The van der Waals surface area contributed by atoms with Crippen LogP contribution < -0.4 is 11.2 Å². The molecule has 1 N–H and O–H groups in total. The summed E-state index contributed by atoms with van der Waals surface area (Å²) in [5.41, 5.74) is -4.58. The lowest BCUT2D eigenvalue weighted by atomic mass is 10.2. The zero-order valence-electron chi connectivity index (χ0n) is 13.4. The third-order valence-corrected chi connectivity index (χ3v) is 4.15. The number of aryl methyl sites for hydroxylation is 1. The van der Waals surface area contributed by atoms with Crippen LogP contribution in [0.3, 0.4) is 0 Å². The Morgan fingerprint density at radius 3 is 2.50 bits per heavy atom. The summed E-state index contributed by atoms with van der Waals surface area (Å²) < 4.78 is 54.0. The second kappa shape index (κ2) is 5.97. The van der Waals surface area contributed by atoms with Crippen molar-refractivity contribution in [3.63, 3.8) is 0 Å². The largest absolute Gasteiger partial charge is 0.431 e. The number of H-pyrrole nitrogens is 1. The van der Waals surface area contributed by atoms with Crippen LogP contribution in [0.5, 0.6) is 0 Å². The molecule has 0 aliphatic heterocycles. The molecule has 0 aliphatic rings. The Bertz CT molecular complexity index is 1140. The molecular weight excluding hydrogens is 380 g/mol. The first-order chi connectivity index (χ1) is 12.1. The van der Waals surface area contributed by atoms with Crippen molar-refractivity contribution >= 4 is 22.6 Å². The zero-order chi connectivity index (χ0) is 19.4. The highest BCUT2D eigenvalue weighted by Gasteiger charge is 2.35. The van der Waals surface area contributed by atoms with Crippen molar-refractivity contribution in [2.75, 3.05) is 0 Å². The molecule has 0 fully saturated rings. The highest BCUT2D eigenvalue weighted by atomic mass is 35.5. The summed E-state index contributed by atoms with van der Waals surface area (Å²) in [6.45, 7) is 1.75. The summed E-state index contributed by atoms with van der Waals surface area (Å²) in [6, 6.07) is 1.08. The lowest BCUT2D eigenvalue weighted by Crippen LogP contribution is -2.41. The number of benzene rings is 1. The van der Waals surface area contributed by atoms with Crippen molar-refractivity contribution in [2.45, 2.75) is 19.5 Å². The van der Waals surface area contributed by atoms with E-state index in [-0.39, 0.29) is 26.7 Å². The van der Waals surface area contributed by atoms with Crippen molar-refractivity contribution in [2.24, 2.45) is 7.05 Å². The summed E-state index contributed by atoms with van der Waals surface area (Å²) in [5.74, 6) is -0.640. The Kier molecular flexibility index (Phi) is 4.18. The fraction of sp³-hybridized carbons (Fsp3) is 0.267. The molecule has 6 nitrogen and oxygen atoms in total. The molecule has 3 aromatic rings. The van der Waals surface area contributed by atoms with E-state index in [1.165, 1.54) is 0 Å². The van der Waals surface area contributed by atoms with Crippen LogP contribution in [0.4, 0.5) is 17.6 Å². The van der Waals surface area contributed by atoms with Crippen LogP contribution in [-0.4, -0.2) is 19.1 Å². The van der Waals surface area contributed by atoms with Crippen molar-refractivity contribution in [1.29, 1.82) is 0 Å². The van der Waals surface area contributed by atoms with Crippen LogP contribution in [0.1, 0.15) is 18.4 Å². The summed E-state index contributed by atoms with van der Waals surface area (Å²) in [6.07, 6.45) is -4.49. The Labute approximate surface area is 147 Å². The van der Waals surface area contributed by atoms with Gasteiger partial charge in [-0.3, -0.25) is 9.36 Å². The molecule has 138 valence electrons. The summed E-state index contributed by atoms with van der Waals surface area (Å²) in [7, 11) is 0.844. The molecule has 0 radical (unpaired) electrons. The number of nitrogens with one attached hydrogen (secondary N) is 1. The minimum Gasteiger partial charge on any atom is -0.340 e. The number of aromatic amines is 1. The highest BCUT2D eigenvalue weighted by molar-refractivity contribution is 6.35. The van der Waals surface area contributed by atoms with Gasteiger partial charge in [-0.05, 0) is 6.07 Å². The van der Waals surface area contributed by atoms with E-state index in [1.54, 1.807) is 6.92 Å². The van der Waals surface area contributed by atoms with Gasteiger partial charge in [0, 0.05) is 19.5 Å². The highest BCUT2D eigenvalue weighted by Crippen LogP contribution is 2.30. The number of nitrogens with zero attached hydrogens (tertiary/aromatic N) is 3. The van der Waals surface area contributed by atoms with Gasteiger partial charge in [-0.1, -0.05) is 18.5 Å². The number of aromatic nitrogens is 4. The molecule has 2 heterocycles. The van der Waals surface area contributed by atoms with E-state index < -0.39 is 34.6 Å². The van der Waals surface area contributed by atoms with E-state index in [0.29, 0.717) is 16.8 Å². The molecule has 11 heteroatoms. The smallest absolute Gasteiger partial charge is 0.340 e. The van der Waals surface area contributed by atoms with Gasteiger partial charge in [-0.15, -0.1) is 0 Å². The molecule has 0 spiro atoms. The molecule has 2 aromatic heterocycles. The van der Waals surface area contributed by atoms with Crippen LogP contribution in [0.2, 0.25) is 5.02 Å². The second-order valence-corrected chi connectivity index (χ2v) is 5.90. The summed E-state index contributed by atoms with van der Waals surface area (Å²) in [4.78, 5) is 31.5. The molecule has 0 amide bonds. The van der Waals surface area contributed by atoms with Crippen molar-refractivity contribution in [1.82, 2.24) is 19.1 Å². The van der Waals surface area contributed by atoms with E-state index in [9.17, 15) is 27.2 Å². The molecule has 0 saturated carbocycles. The number of halogens is 5. The van der Waals surface area contributed by atoms with Crippen LogP contribution >= 0.6 is 11.6 Å². The Morgan fingerprint density at radius 2 is 1.92 bits per heavy atom. The molecular formula is C15H11ClF4N4O2. The fourth-order valence-corrected chi connectivity index (χ4v) is 2.86. The van der Waals surface area contributed by atoms with Crippen molar-refractivity contribution in [3.8, 4) is 5.69 Å². The van der Waals surface area contributed by atoms with Gasteiger partial charge in [-0.2, -0.15) is 13.2 Å². The lowest BCUT2D eigenvalue weighted by molar-refractivity contribution is -0.144. The molecule has 0 aliphatic carbocycles. The van der Waals surface area contributed by atoms with E-state index in [0.717, 1.165) is 13.1 Å². The number of fused-ring (bicyclic) bond motifs is 1. The zero-order valence-corrected chi connectivity index (χ0v) is 14.2. The normalized spacial score (nSPS) is 12.1. The monoisotopic (exact) mass is 390 g/mol. The van der Waals surface area contributed by atoms with Crippen LogP contribution in [0.25, 0.3) is 16.7 Å². The third kappa shape index (κ3) is 2.70. The number of hydrogen-bond acceptors (Lipinski definition) is 3. The molecule has 0 atom stereocenters. The quantitative estimate of drug-likeness (QED) is 0.684. The van der Waals surface area contributed by atoms with E-state index >= 15 is 0 Å². The van der Waals surface area contributed by atoms with Crippen LogP contribution in [0.15, 0.2) is 21.7 Å². The Hall–Kier alpha value is -2.62. The van der Waals surface area contributed by atoms with E-state index in [1.807, 2.05) is 0 Å². The van der Waals surface area contributed by atoms with E-state index in [2.05, 4.69) is 9.97 Å². The van der Waals surface area contributed by atoms with Crippen molar-refractivity contribution < 1.29 is 17.6 Å². The maximum absolute atomic E-state index is 14.5. The molecule has 0 unspecified atom stereocenters. The Morgan fingerprint density at radius 1 is 1.27 bits per heavy atom. The van der Waals surface area contributed by atoms with Gasteiger partial charge in [0.1, 0.15) is 22.7 Å². The number of hydrogen-bond donors (Lipinski definition) is 1. The minimum absolute atomic E-state index is 0.0502. The van der Waals surface area contributed by atoms with Gasteiger partial charge < -0.3 is 4.98 Å². The van der Waals surface area contributed by atoms with Gasteiger partial charge >= 0.3 is 11.9 Å². The fourth-order valence-electron chi connectivity index (χ4n) is 2.62. The third-order valence-electron chi connectivity index (χ3n) is 3.86. The molecule has 3 rings (SSSR count). The first kappa shape index (κ1) is 18.2. The number of imidazole rings is 1. The maximum Gasteiger partial charge on any atom is 0.431 e. The van der Waals surface area contributed by atoms with Crippen LogP contribution in [0, 0.1) is 5.82 Å². The molecule has 1 aromatic carbocycles. The number of alkyl halides is 3. The lowest BCUT2D eigenvalue weighted by Gasteiger charge is -2.14.